The summed E-state index contributed by atoms with van der Waals surface area (Å²) in [4.78, 5) is 7.00. The van der Waals surface area contributed by atoms with E-state index in [1.165, 1.54) is 0 Å². The second-order valence-electron chi connectivity index (χ2n) is 3.22. The van der Waals surface area contributed by atoms with E-state index in [2.05, 4.69) is 29.1 Å². The van der Waals surface area contributed by atoms with Crippen LogP contribution in [0.15, 0.2) is 12.5 Å². The maximum Gasteiger partial charge on any atom is 0.0967 e. The minimum atomic E-state index is 0.477. The third-order valence-corrected chi connectivity index (χ3v) is 1.65. The largest absolute Gasteiger partial charge is 0.366 e. The maximum atomic E-state index is 5.35. The molecule has 1 rings (SSSR count). The molecule has 74 valence electrons. The number of aromatic amines is 1. The molecule has 0 aliphatic heterocycles. The van der Waals surface area contributed by atoms with Crippen LogP contribution in [0.3, 0.4) is 0 Å². The molecule has 0 bridgehead atoms. The highest BCUT2D eigenvalue weighted by Crippen LogP contribution is 1.92. The van der Waals surface area contributed by atoms with Crippen LogP contribution < -0.4 is 5.32 Å². The molecule has 0 aliphatic rings. The number of nitrogens with one attached hydrogen (secondary N) is 2. The van der Waals surface area contributed by atoms with Gasteiger partial charge in [-0.15, -0.1) is 0 Å². The molecule has 13 heavy (non-hydrogen) atoms. The summed E-state index contributed by atoms with van der Waals surface area (Å²) < 4.78 is 5.35. The lowest BCUT2D eigenvalue weighted by atomic mass is 10.3. The Bertz CT molecular complexity index is 209. The summed E-state index contributed by atoms with van der Waals surface area (Å²) in [6.07, 6.45) is 4.43. The van der Waals surface area contributed by atoms with Crippen LogP contribution in [0.4, 0.5) is 0 Å². The van der Waals surface area contributed by atoms with Crippen molar-refractivity contribution in [2.75, 3.05) is 13.3 Å². The zero-order valence-electron chi connectivity index (χ0n) is 8.21. The van der Waals surface area contributed by atoms with Crippen LogP contribution >= 0.6 is 0 Å². The molecule has 0 fully saturated rings. The Morgan fingerprint density at radius 2 is 2.46 bits per heavy atom. The van der Waals surface area contributed by atoms with Gasteiger partial charge in [0.25, 0.3) is 0 Å². The Hall–Kier alpha value is -0.870. The summed E-state index contributed by atoms with van der Waals surface area (Å²) in [6.45, 7) is 5.51. The summed E-state index contributed by atoms with van der Waals surface area (Å²) in [7, 11) is 0. The summed E-state index contributed by atoms with van der Waals surface area (Å²) in [5, 5.41) is 3.18. The number of aromatic nitrogens is 2. The second kappa shape index (κ2) is 5.72. The summed E-state index contributed by atoms with van der Waals surface area (Å²) >= 11 is 0. The normalized spacial score (nSPS) is 11.0. The van der Waals surface area contributed by atoms with Crippen LogP contribution in [-0.2, 0) is 11.2 Å². The van der Waals surface area contributed by atoms with E-state index in [-0.39, 0.29) is 0 Å². The van der Waals surface area contributed by atoms with Gasteiger partial charge in [0.15, 0.2) is 0 Å². The third-order valence-electron chi connectivity index (χ3n) is 1.65. The van der Waals surface area contributed by atoms with Crippen LogP contribution in [0.1, 0.15) is 19.5 Å². The number of hydrogen-bond acceptors (Lipinski definition) is 3. The third kappa shape index (κ3) is 4.65. The summed E-state index contributed by atoms with van der Waals surface area (Å²) in [5.74, 6) is 0. The van der Waals surface area contributed by atoms with E-state index in [0.29, 0.717) is 19.4 Å². The molecule has 1 heterocycles. The molecule has 1 aromatic heterocycles. The number of imidazole rings is 1. The van der Waals surface area contributed by atoms with Gasteiger partial charge in [-0.1, -0.05) is 0 Å². The van der Waals surface area contributed by atoms with Crippen LogP contribution in [-0.4, -0.2) is 29.3 Å². The predicted octanol–water partition coefficient (Wildman–Crippen LogP) is 0.924. The Morgan fingerprint density at radius 3 is 3.08 bits per heavy atom. The van der Waals surface area contributed by atoms with Gasteiger partial charge < -0.3 is 9.72 Å². The smallest absolute Gasteiger partial charge is 0.0967 e. The summed E-state index contributed by atoms with van der Waals surface area (Å²) in [6, 6.07) is 0.477. The van der Waals surface area contributed by atoms with Crippen molar-refractivity contribution < 1.29 is 4.74 Å². The van der Waals surface area contributed by atoms with Crippen molar-refractivity contribution in [3.8, 4) is 0 Å². The Kier molecular flexibility index (Phi) is 4.49. The number of rotatable bonds is 6. The van der Waals surface area contributed by atoms with Gasteiger partial charge in [-0.3, -0.25) is 5.32 Å². The van der Waals surface area contributed by atoms with Crippen molar-refractivity contribution in [3.63, 3.8) is 0 Å². The molecule has 0 saturated carbocycles. The van der Waals surface area contributed by atoms with Gasteiger partial charge in [0.1, 0.15) is 0 Å². The highest BCUT2D eigenvalue weighted by Gasteiger charge is 1.95. The van der Waals surface area contributed by atoms with Crippen molar-refractivity contribution in [1.82, 2.24) is 15.3 Å². The molecule has 0 aliphatic carbocycles. The van der Waals surface area contributed by atoms with Gasteiger partial charge in [0, 0.05) is 18.7 Å². The Labute approximate surface area is 78.7 Å². The van der Waals surface area contributed by atoms with E-state index in [9.17, 15) is 0 Å². The van der Waals surface area contributed by atoms with Gasteiger partial charge in [-0.25, -0.2) is 4.98 Å². The molecule has 4 nitrogen and oxygen atoms in total. The van der Waals surface area contributed by atoms with Crippen molar-refractivity contribution >= 4 is 0 Å². The highest BCUT2D eigenvalue weighted by molar-refractivity contribution is 4.93. The van der Waals surface area contributed by atoms with E-state index < -0.39 is 0 Å². The molecular weight excluding hydrogens is 166 g/mol. The molecular formula is C9H17N3O. The average molecular weight is 183 g/mol. The fourth-order valence-corrected chi connectivity index (χ4v) is 0.902. The monoisotopic (exact) mass is 183 g/mol. The molecule has 0 amide bonds. The van der Waals surface area contributed by atoms with Crippen molar-refractivity contribution in [1.29, 1.82) is 0 Å². The maximum absolute atomic E-state index is 5.35. The van der Waals surface area contributed by atoms with Gasteiger partial charge in [0.2, 0.25) is 0 Å². The van der Waals surface area contributed by atoms with E-state index in [0.717, 1.165) is 12.1 Å². The number of ether oxygens (including phenoxy) is 1. The molecule has 0 atom stereocenters. The molecule has 0 radical (unpaired) electrons. The second-order valence-corrected chi connectivity index (χ2v) is 3.22. The zero-order chi connectivity index (χ0) is 9.52. The lowest BCUT2D eigenvalue weighted by Crippen LogP contribution is -2.25. The minimum absolute atomic E-state index is 0.477. The van der Waals surface area contributed by atoms with E-state index in [1.54, 1.807) is 6.33 Å². The quantitative estimate of drug-likeness (QED) is 0.509. The first-order valence-electron chi connectivity index (χ1n) is 4.58. The lowest BCUT2D eigenvalue weighted by Gasteiger charge is -2.07. The van der Waals surface area contributed by atoms with Gasteiger partial charge in [0.05, 0.1) is 25.4 Å². The van der Waals surface area contributed by atoms with E-state index in [1.807, 2.05) is 6.20 Å². The first-order valence-corrected chi connectivity index (χ1v) is 4.58. The van der Waals surface area contributed by atoms with Crippen LogP contribution in [0.2, 0.25) is 0 Å². The Morgan fingerprint density at radius 1 is 1.62 bits per heavy atom. The minimum Gasteiger partial charge on any atom is -0.366 e. The van der Waals surface area contributed by atoms with Gasteiger partial charge in [-0.2, -0.15) is 0 Å². The van der Waals surface area contributed by atoms with Crippen LogP contribution in [0, 0.1) is 0 Å². The van der Waals surface area contributed by atoms with Crippen LogP contribution in [0.25, 0.3) is 0 Å². The number of H-pyrrole nitrogens is 1. The average Bonchev–Trinajstić information content (AvgIpc) is 2.55. The molecule has 4 heteroatoms. The summed E-state index contributed by atoms with van der Waals surface area (Å²) in [5.41, 5.74) is 1.05. The molecule has 0 spiro atoms. The first kappa shape index (κ1) is 10.2. The zero-order valence-corrected chi connectivity index (χ0v) is 8.21. The highest BCUT2D eigenvalue weighted by atomic mass is 16.5. The van der Waals surface area contributed by atoms with E-state index >= 15 is 0 Å². The topological polar surface area (TPSA) is 49.9 Å². The van der Waals surface area contributed by atoms with Crippen LogP contribution in [0.5, 0.6) is 0 Å². The van der Waals surface area contributed by atoms with E-state index in [4.69, 9.17) is 4.74 Å². The van der Waals surface area contributed by atoms with Crippen molar-refractivity contribution in [2.24, 2.45) is 0 Å². The molecule has 2 N–H and O–H groups in total. The Balaban J connectivity index is 1.96. The number of nitrogens with zero attached hydrogens (tertiary/aromatic N) is 1. The molecule has 0 saturated heterocycles. The first-order chi connectivity index (χ1) is 6.29. The number of hydrogen-bond donors (Lipinski definition) is 2. The molecule has 1 aromatic rings. The molecule has 0 aromatic carbocycles. The van der Waals surface area contributed by atoms with Crippen molar-refractivity contribution in [2.45, 2.75) is 26.3 Å². The van der Waals surface area contributed by atoms with Gasteiger partial charge in [-0.05, 0) is 13.8 Å². The predicted molar refractivity (Wildman–Crippen MR) is 51.4 cm³/mol. The standard InChI is InChI=1S/C9H17N3O/c1-8(2)12-7-13-4-3-9-5-10-6-11-9/h5-6,8,12H,3-4,7H2,1-2H3,(H,10,11). The van der Waals surface area contributed by atoms with Gasteiger partial charge >= 0.3 is 0 Å². The fourth-order valence-electron chi connectivity index (χ4n) is 0.902. The van der Waals surface area contributed by atoms with Crippen molar-refractivity contribution in [3.05, 3.63) is 18.2 Å². The SMILES string of the molecule is CC(C)NCOCCc1c[nH]cn1. The fraction of sp³-hybridized carbons (Fsp3) is 0.667. The lowest BCUT2D eigenvalue weighted by molar-refractivity contribution is 0.113. The molecule has 0 unspecified atom stereocenters.